The summed E-state index contributed by atoms with van der Waals surface area (Å²) in [5.41, 5.74) is 9.72. The van der Waals surface area contributed by atoms with E-state index < -0.39 is 17.5 Å². The lowest BCUT2D eigenvalue weighted by Crippen LogP contribution is -2.20. The summed E-state index contributed by atoms with van der Waals surface area (Å²) >= 11 is 1.45. The van der Waals surface area contributed by atoms with Crippen LogP contribution in [-0.4, -0.2) is 39.3 Å². The summed E-state index contributed by atoms with van der Waals surface area (Å²) in [6.07, 6.45) is 5.78. The van der Waals surface area contributed by atoms with E-state index in [9.17, 15) is 13.6 Å². The van der Waals surface area contributed by atoms with Crippen molar-refractivity contribution in [3.63, 3.8) is 0 Å². The third-order valence-electron chi connectivity index (χ3n) is 8.19. The van der Waals surface area contributed by atoms with Crippen molar-refractivity contribution in [2.45, 2.75) is 59.4 Å². The van der Waals surface area contributed by atoms with Crippen LogP contribution in [0.1, 0.15) is 66.3 Å². The number of ether oxygens (including phenoxy) is 1. The van der Waals surface area contributed by atoms with Crippen molar-refractivity contribution in [3.8, 4) is 21.9 Å². The van der Waals surface area contributed by atoms with Gasteiger partial charge in [-0.1, -0.05) is 19.9 Å². The van der Waals surface area contributed by atoms with E-state index in [1.807, 2.05) is 12.1 Å². The molecule has 46 heavy (non-hydrogen) atoms. The van der Waals surface area contributed by atoms with Crippen LogP contribution >= 0.6 is 11.3 Å². The second kappa shape index (κ2) is 13.6. The number of thiophene rings is 1. The molecule has 9 nitrogen and oxygen atoms in total. The molecule has 0 unspecified atom stereocenters. The number of primary amides is 1. The molecule has 0 spiro atoms. The van der Waals surface area contributed by atoms with E-state index in [1.54, 1.807) is 13.1 Å². The number of pyridine rings is 2. The molecule has 1 fully saturated rings. The smallest absolute Gasteiger partial charge is 0.251 e. The van der Waals surface area contributed by atoms with Gasteiger partial charge >= 0.3 is 0 Å². The van der Waals surface area contributed by atoms with Gasteiger partial charge in [0, 0.05) is 43.3 Å². The van der Waals surface area contributed by atoms with Crippen molar-refractivity contribution >= 4 is 33.1 Å². The van der Waals surface area contributed by atoms with Crippen LogP contribution in [0, 0.1) is 30.4 Å². The number of nitrogens with one attached hydrogen (secondary N) is 1. The monoisotopic (exact) mass is 646 g/mol. The second-order valence-electron chi connectivity index (χ2n) is 12.1. The van der Waals surface area contributed by atoms with E-state index in [0.717, 1.165) is 65.3 Å². The number of nitrogens with zero attached hydrogens (tertiary/aromatic N) is 4. The van der Waals surface area contributed by atoms with Crippen LogP contribution < -0.4 is 11.1 Å². The maximum Gasteiger partial charge on any atom is 0.251 e. The van der Waals surface area contributed by atoms with E-state index in [0.29, 0.717) is 58.4 Å². The highest BCUT2D eigenvalue weighted by Crippen LogP contribution is 2.45. The molecule has 1 aromatic carbocycles. The fourth-order valence-electron chi connectivity index (χ4n) is 5.97. The molecule has 6 rings (SSSR count). The zero-order chi connectivity index (χ0) is 32.4. The largest absolute Gasteiger partial charge is 0.421 e. The van der Waals surface area contributed by atoms with E-state index in [4.69, 9.17) is 19.9 Å². The normalized spacial score (nSPS) is 14.0. The van der Waals surface area contributed by atoms with Crippen molar-refractivity contribution in [3.05, 3.63) is 76.6 Å². The van der Waals surface area contributed by atoms with Gasteiger partial charge in [0.15, 0.2) is 11.6 Å². The average molecular weight is 647 g/mol. The van der Waals surface area contributed by atoms with Gasteiger partial charge in [-0.05, 0) is 79.2 Å². The lowest BCUT2D eigenvalue weighted by Gasteiger charge is -2.23. The molecule has 3 N–H and O–H groups in total. The predicted molar refractivity (Wildman–Crippen MR) is 173 cm³/mol. The van der Waals surface area contributed by atoms with Gasteiger partial charge in [0.2, 0.25) is 11.8 Å². The minimum atomic E-state index is -0.908. The third-order valence-corrected chi connectivity index (χ3v) is 9.36. The Morgan fingerprint density at radius 3 is 2.59 bits per heavy atom. The Bertz CT molecular complexity index is 1880. The fraction of sp³-hybridized carbons (Fsp3) is 0.382. The summed E-state index contributed by atoms with van der Waals surface area (Å²) in [7, 11) is 0. The standard InChI is InChI=1S/C34H36F2N6O3S/c1-18(2)14-26-28(32(37)43)30(29(34-42-41-19(3)45-34)25(40-26)7-5-20-9-12-44-13-10-20)27-16-22-8-11-38-33(31(22)46-27)39-17-21-4-6-23(35)24(36)15-21/h4,6,8,11,15-16,18,20H,5,7,9-10,12-14,17H2,1-3H3,(H2,37,43)(H,38,39). The number of amides is 1. The van der Waals surface area contributed by atoms with Crippen molar-refractivity contribution in [1.82, 2.24) is 20.2 Å². The zero-order valence-electron chi connectivity index (χ0n) is 26.0. The molecule has 0 bridgehead atoms. The Labute approximate surface area is 269 Å². The number of fused-ring (bicyclic) bond motifs is 1. The van der Waals surface area contributed by atoms with Crippen molar-refractivity contribution in [1.29, 1.82) is 0 Å². The van der Waals surface area contributed by atoms with Crippen molar-refractivity contribution < 1.29 is 22.7 Å². The van der Waals surface area contributed by atoms with Gasteiger partial charge in [0.05, 0.1) is 27.2 Å². The summed E-state index contributed by atoms with van der Waals surface area (Å²) in [6, 6.07) is 7.68. The summed E-state index contributed by atoms with van der Waals surface area (Å²) in [5.74, 6) is -0.416. The van der Waals surface area contributed by atoms with E-state index in [1.165, 1.54) is 17.4 Å². The summed E-state index contributed by atoms with van der Waals surface area (Å²) in [5, 5.41) is 12.7. The van der Waals surface area contributed by atoms with Crippen molar-refractivity contribution in [2.75, 3.05) is 18.5 Å². The molecule has 1 saturated heterocycles. The molecule has 1 aliphatic rings. The van der Waals surface area contributed by atoms with Crippen LogP contribution in [0.2, 0.25) is 0 Å². The highest BCUT2D eigenvalue weighted by atomic mass is 32.1. The van der Waals surface area contributed by atoms with E-state index >= 15 is 0 Å². The van der Waals surface area contributed by atoms with Crippen LogP contribution in [-0.2, 0) is 24.1 Å². The lowest BCUT2D eigenvalue weighted by molar-refractivity contribution is 0.0639. The number of carbonyl (C=O) groups excluding carboxylic acids is 1. The number of benzene rings is 1. The number of rotatable bonds is 11. The maximum absolute atomic E-state index is 13.9. The lowest BCUT2D eigenvalue weighted by atomic mass is 9.89. The minimum Gasteiger partial charge on any atom is -0.421 e. The Morgan fingerprint density at radius 1 is 1.09 bits per heavy atom. The van der Waals surface area contributed by atoms with Crippen LogP contribution in [0.25, 0.3) is 32.0 Å². The van der Waals surface area contributed by atoms with Crippen LogP contribution in [0.4, 0.5) is 14.6 Å². The Hall–Kier alpha value is -4.29. The average Bonchev–Trinajstić information content (AvgIpc) is 3.66. The van der Waals surface area contributed by atoms with Crippen molar-refractivity contribution in [2.24, 2.45) is 17.6 Å². The summed E-state index contributed by atoms with van der Waals surface area (Å²) in [6.45, 7) is 7.63. The fourth-order valence-corrected chi connectivity index (χ4v) is 7.15. The molecule has 1 aliphatic heterocycles. The predicted octanol–water partition coefficient (Wildman–Crippen LogP) is 7.26. The molecule has 0 aliphatic carbocycles. The SMILES string of the molecule is Cc1nnc(-c2c(CCC3CCOCC3)nc(CC(C)C)c(C(N)=O)c2-c2cc3ccnc(NCc4ccc(F)c(F)c4)c3s2)o1. The first-order chi connectivity index (χ1) is 22.2. The topological polar surface area (TPSA) is 129 Å². The number of hydrogen-bond acceptors (Lipinski definition) is 9. The number of aromatic nitrogens is 4. The minimum absolute atomic E-state index is 0.219. The number of aryl methyl sites for hydroxylation is 2. The number of hydrogen-bond donors (Lipinski definition) is 2. The van der Waals surface area contributed by atoms with Gasteiger partial charge < -0.3 is 20.2 Å². The van der Waals surface area contributed by atoms with Crippen LogP contribution in [0.5, 0.6) is 0 Å². The van der Waals surface area contributed by atoms with Gasteiger partial charge in [-0.15, -0.1) is 21.5 Å². The molecule has 0 saturated carbocycles. The zero-order valence-corrected chi connectivity index (χ0v) is 26.8. The van der Waals surface area contributed by atoms with Gasteiger partial charge in [-0.25, -0.2) is 13.8 Å². The van der Waals surface area contributed by atoms with Crippen LogP contribution in [0.15, 0.2) is 40.9 Å². The molecule has 0 atom stereocenters. The molecular formula is C34H36F2N6O3S. The molecule has 5 heterocycles. The molecule has 12 heteroatoms. The van der Waals surface area contributed by atoms with E-state index in [-0.39, 0.29) is 18.4 Å². The first kappa shape index (κ1) is 31.7. The molecule has 240 valence electrons. The molecule has 0 radical (unpaired) electrons. The first-order valence-electron chi connectivity index (χ1n) is 15.5. The third kappa shape index (κ3) is 6.78. The Balaban J connectivity index is 1.50. The second-order valence-corrected chi connectivity index (χ2v) is 13.2. The molecular weight excluding hydrogens is 610 g/mol. The highest BCUT2D eigenvalue weighted by molar-refractivity contribution is 7.23. The van der Waals surface area contributed by atoms with E-state index in [2.05, 4.69) is 34.3 Å². The Kier molecular flexibility index (Phi) is 9.37. The number of anilines is 1. The van der Waals surface area contributed by atoms with Gasteiger partial charge in [0.25, 0.3) is 5.91 Å². The number of halogens is 2. The first-order valence-corrected chi connectivity index (χ1v) is 16.3. The highest BCUT2D eigenvalue weighted by Gasteiger charge is 2.30. The quantitative estimate of drug-likeness (QED) is 0.153. The molecule has 1 amide bonds. The van der Waals surface area contributed by atoms with Gasteiger partial charge in [-0.2, -0.15) is 0 Å². The van der Waals surface area contributed by atoms with Crippen LogP contribution in [0.3, 0.4) is 0 Å². The number of carbonyl (C=O) groups is 1. The summed E-state index contributed by atoms with van der Waals surface area (Å²) in [4.78, 5) is 23.7. The molecule has 5 aromatic rings. The Morgan fingerprint density at radius 2 is 1.89 bits per heavy atom. The number of nitrogens with two attached hydrogens (primary N) is 1. The summed E-state index contributed by atoms with van der Waals surface area (Å²) < 4.78 is 39.8. The van der Waals surface area contributed by atoms with Gasteiger partial charge in [-0.3, -0.25) is 9.78 Å². The maximum atomic E-state index is 13.9. The molecule has 4 aromatic heterocycles. The van der Waals surface area contributed by atoms with Gasteiger partial charge in [0.1, 0.15) is 5.82 Å².